The zero-order chi connectivity index (χ0) is 53.7. The molecule has 0 atom stereocenters. The summed E-state index contributed by atoms with van der Waals surface area (Å²) >= 11 is 0. The average molecular weight is 1040 g/mol. The monoisotopic (exact) mass is 1040 g/mol. The van der Waals surface area contributed by atoms with Crippen LogP contribution in [0.25, 0.3) is 0 Å². The molecular formula is C68H101BN2O5. The number of unbranched alkanes of at least 4 members (excludes halogenated alkanes) is 14. The van der Waals surface area contributed by atoms with E-state index in [1.807, 2.05) is 64.1 Å². The number of hydrogen-bond acceptors (Lipinski definition) is 5. The Labute approximate surface area is 463 Å². The van der Waals surface area contributed by atoms with Crippen molar-refractivity contribution in [3.05, 3.63) is 168 Å². The van der Waals surface area contributed by atoms with Gasteiger partial charge in [0.25, 0.3) is 0 Å². The topological polar surface area (TPSA) is 81.6 Å². The molecule has 0 radical (unpaired) electrons. The van der Waals surface area contributed by atoms with Crippen LogP contribution in [-0.2, 0) is 10.1 Å². The number of nitrogens with zero attached hydrogens (tertiary/aromatic N) is 2. The van der Waals surface area contributed by atoms with Crippen molar-refractivity contribution >= 4 is 7.32 Å². The van der Waals surface area contributed by atoms with Crippen LogP contribution in [0, 0.1) is 11.8 Å². The highest BCUT2D eigenvalue weighted by molar-refractivity contribution is 6.28. The van der Waals surface area contributed by atoms with Crippen LogP contribution in [0.2, 0.25) is 0 Å². The predicted molar refractivity (Wildman–Crippen MR) is 312 cm³/mol. The maximum Gasteiger partial charge on any atom is 0.237 e. The first-order chi connectivity index (χ1) is 37.4. The van der Waals surface area contributed by atoms with E-state index < -0.39 is 7.32 Å². The van der Waals surface area contributed by atoms with Gasteiger partial charge >= 0.3 is 0 Å². The molecule has 416 valence electrons. The Morgan fingerprint density at radius 3 is 1.11 bits per heavy atom. The highest BCUT2D eigenvalue weighted by atomic mass is 16.7. The summed E-state index contributed by atoms with van der Waals surface area (Å²) in [7, 11) is -2.23. The molecule has 2 heterocycles. The van der Waals surface area contributed by atoms with Gasteiger partial charge in [0.2, 0.25) is 23.8 Å². The fourth-order valence-electron chi connectivity index (χ4n) is 12.3. The Balaban J connectivity index is 0.000000211. The van der Waals surface area contributed by atoms with Gasteiger partial charge in [-0.1, -0.05) is 220 Å². The summed E-state index contributed by atoms with van der Waals surface area (Å²) in [5, 5.41) is 21.4. The van der Waals surface area contributed by atoms with E-state index in [4.69, 9.17) is 14.3 Å². The third kappa shape index (κ3) is 22.1. The van der Waals surface area contributed by atoms with E-state index >= 15 is 0 Å². The normalized spacial score (nSPS) is 17.4. The summed E-state index contributed by atoms with van der Waals surface area (Å²) in [5.74, 6) is 3.31. The second-order valence-electron chi connectivity index (χ2n) is 22.0. The molecule has 2 saturated carbocycles. The van der Waals surface area contributed by atoms with Crippen molar-refractivity contribution in [1.29, 1.82) is 0 Å². The Kier molecular flexibility index (Phi) is 31.3. The van der Waals surface area contributed by atoms with Crippen LogP contribution in [0.3, 0.4) is 0 Å². The largest absolute Gasteiger partial charge is 0.871 e. The fourth-order valence-corrected chi connectivity index (χ4v) is 12.3. The number of benzene rings is 3. The highest BCUT2D eigenvalue weighted by Gasteiger charge is 2.36. The van der Waals surface area contributed by atoms with Crippen LogP contribution in [-0.4, -0.2) is 27.1 Å². The van der Waals surface area contributed by atoms with Crippen LogP contribution in [0.4, 0.5) is 0 Å². The van der Waals surface area contributed by atoms with Crippen molar-refractivity contribution in [2.24, 2.45) is 11.8 Å². The van der Waals surface area contributed by atoms with Gasteiger partial charge in [-0.2, -0.15) is 0 Å². The number of hydrogen-bond donors (Lipinski definition) is 0. The van der Waals surface area contributed by atoms with E-state index in [1.54, 1.807) is 0 Å². The summed E-state index contributed by atoms with van der Waals surface area (Å²) in [6.07, 6.45) is 42.3. The van der Waals surface area contributed by atoms with Crippen molar-refractivity contribution in [3.8, 4) is 0 Å². The minimum Gasteiger partial charge on any atom is -0.871 e. The van der Waals surface area contributed by atoms with Gasteiger partial charge in [0.1, 0.15) is 0 Å². The van der Waals surface area contributed by atoms with Gasteiger partial charge in [0.15, 0.2) is 13.2 Å². The third-order valence-electron chi connectivity index (χ3n) is 16.5. The molecule has 0 aliphatic heterocycles. The first kappa shape index (κ1) is 62.3. The molecule has 2 aliphatic carbocycles. The van der Waals surface area contributed by atoms with E-state index in [1.165, 1.54) is 195 Å². The lowest BCUT2D eigenvalue weighted by Crippen LogP contribution is -2.48. The molecule has 0 amide bonds. The van der Waals surface area contributed by atoms with E-state index in [0.717, 1.165) is 31.5 Å². The van der Waals surface area contributed by atoms with Crippen LogP contribution < -0.4 is 29.2 Å². The van der Waals surface area contributed by atoms with Crippen LogP contribution in [0.15, 0.2) is 140 Å². The SMILES string of the molecule is CCCCCCCCCCC1CCC(c2cccc[n+]2OCC)CC1.CCCCCCCCCCC1CCC(c2cccc[n+]2OCC)CC1.[O-]B([O-])OCCCC(c1ccccc1)(c1ccccc1)c1ccccc1. The maximum atomic E-state index is 10.7. The third-order valence-corrected chi connectivity index (χ3v) is 16.5. The molecule has 0 unspecified atom stereocenters. The van der Waals surface area contributed by atoms with Crippen molar-refractivity contribution in [2.45, 2.75) is 225 Å². The first-order valence-electron chi connectivity index (χ1n) is 30.8. The molecule has 2 aliphatic rings. The van der Waals surface area contributed by atoms with Crippen molar-refractivity contribution < 1.29 is 33.8 Å². The highest BCUT2D eigenvalue weighted by Crippen LogP contribution is 2.43. The first-order valence-corrected chi connectivity index (χ1v) is 30.8. The quantitative estimate of drug-likeness (QED) is 0.0185. The zero-order valence-electron chi connectivity index (χ0n) is 48.0. The molecule has 7 rings (SSSR count). The standard InChI is InChI=1S/2C23H40NO.C22H21BO3/c2*1-3-5-6-7-8-9-10-11-14-21-16-18-22(19-17-21)23-15-12-13-20-24(23)25-4-2;24-23(25)26-18-10-17-22(19-11-4-1-5-12-19,20-13-6-2-7-14-20)21-15-8-3-9-16-21/h2*12-13,15,20-22H,3-11,14,16-19H2,1-2H3;1-9,11-16H,10,17-18H2/q2*+1;-2. The number of aromatic nitrogens is 2. The lowest BCUT2D eigenvalue weighted by molar-refractivity contribution is -0.896. The second-order valence-corrected chi connectivity index (χ2v) is 22.0. The zero-order valence-corrected chi connectivity index (χ0v) is 48.0. The lowest BCUT2D eigenvalue weighted by atomic mass is 9.67. The molecule has 0 bridgehead atoms. The Hall–Kier alpha value is -4.50. The van der Waals surface area contributed by atoms with Crippen molar-refractivity contribution in [3.63, 3.8) is 0 Å². The summed E-state index contributed by atoms with van der Waals surface area (Å²) in [5.41, 5.74) is 5.91. The smallest absolute Gasteiger partial charge is 0.237 e. The molecule has 5 aromatic rings. The van der Waals surface area contributed by atoms with Gasteiger partial charge in [-0.25, -0.2) is 0 Å². The summed E-state index contributed by atoms with van der Waals surface area (Å²) in [4.78, 5) is 11.5. The van der Waals surface area contributed by atoms with Crippen LogP contribution in [0.1, 0.15) is 247 Å². The molecular weight excluding hydrogens is 936 g/mol. The predicted octanol–water partition coefficient (Wildman–Crippen LogP) is 15.0. The Bertz CT molecular complexity index is 1980. The summed E-state index contributed by atoms with van der Waals surface area (Å²) in [6, 6.07) is 44.0. The Morgan fingerprint density at radius 2 is 0.763 bits per heavy atom. The Morgan fingerprint density at radius 1 is 0.421 bits per heavy atom. The van der Waals surface area contributed by atoms with E-state index in [2.05, 4.69) is 113 Å². The lowest BCUT2D eigenvalue weighted by Gasteiger charge is -2.37. The van der Waals surface area contributed by atoms with Gasteiger partial charge in [-0.15, -0.1) is 0 Å². The number of pyridine rings is 2. The second kappa shape index (κ2) is 38.1. The minimum atomic E-state index is -2.23. The fraction of sp³-hybridized carbons (Fsp3) is 0.588. The van der Waals surface area contributed by atoms with E-state index in [0.29, 0.717) is 18.3 Å². The van der Waals surface area contributed by atoms with Crippen LogP contribution in [0.5, 0.6) is 0 Å². The van der Waals surface area contributed by atoms with Gasteiger partial charge in [-0.3, -0.25) is 9.68 Å². The van der Waals surface area contributed by atoms with Crippen molar-refractivity contribution in [1.82, 2.24) is 0 Å². The molecule has 7 nitrogen and oxygen atoms in total. The molecule has 2 aromatic heterocycles. The van der Waals surface area contributed by atoms with Gasteiger partial charge in [0.05, 0.1) is 7.32 Å². The molecule has 0 saturated heterocycles. The molecule has 2 fully saturated rings. The number of rotatable bonds is 32. The van der Waals surface area contributed by atoms with E-state index in [9.17, 15) is 10.0 Å². The molecule has 0 spiro atoms. The summed E-state index contributed by atoms with van der Waals surface area (Å²) in [6.45, 7) is 10.3. The maximum absolute atomic E-state index is 10.7. The minimum absolute atomic E-state index is 0.159. The van der Waals surface area contributed by atoms with Gasteiger partial charge in [0, 0.05) is 57.6 Å². The average Bonchev–Trinajstić information content (AvgIpc) is 3.46. The molecule has 76 heavy (non-hydrogen) atoms. The molecule has 8 heteroatoms. The molecule has 0 N–H and O–H groups in total. The van der Waals surface area contributed by atoms with Gasteiger partial charge < -0.3 is 14.7 Å². The van der Waals surface area contributed by atoms with Gasteiger partial charge in [-0.05, 0) is 119 Å². The van der Waals surface area contributed by atoms with Crippen molar-refractivity contribution in [2.75, 3.05) is 19.8 Å². The summed E-state index contributed by atoms with van der Waals surface area (Å²) < 4.78 is 8.74. The van der Waals surface area contributed by atoms with Crippen LogP contribution >= 0.6 is 0 Å². The van der Waals surface area contributed by atoms with E-state index in [-0.39, 0.29) is 12.0 Å². The molecule has 3 aromatic carbocycles.